The van der Waals surface area contributed by atoms with E-state index < -0.39 is 0 Å². The van der Waals surface area contributed by atoms with Gasteiger partial charge in [-0.3, -0.25) is 14.0 Å². The molecule has 0 saturated heterocycles. The van der Waals surface area contributed by atoms with Crippen molar-refractivity contribution in [2.45, 2.75) is 19.4 Å². The third-order valence-electron chi connectivity index (χ3n) is 4.91. The Labute approximate surface area is 157 Å². The van der Waals surface area contributed by atoms with Gasteiger partial charge in [0.05, 0.1) is 13.0 Å². The Hall–Kier alpha value is -3.00. The molecule has 0 saturated carbocycles. The first-order chi connectivity index (χ1) is 13.2. The Morgan fingerprint density at radius 2 is 2.07 bits per heavy atom. The summed E-state index contributed by atoms with van der Waals surface area (Å²) in [4.78, 5) is 14.3. The number of ether oxygens (including phenoxy) is 1. The van der Waals surface area contributed by atoms with Gasteiger partial charge in [-0.05, 0) is 12.1 Å². The minimum Gasteiger partial charge on any atom is -0.384 e. The molecular weight excluding hydrogens is 344 g/mol. The van der Waals surface area contributed by atoms with Gasteiger partial charge in [0.1, 0.15) is 12.0 Å². The molecule has 1 aliphatic heterocycles. The summed E-state index contributed by atoms with van der Waals surface area (Å²) in [6, 6.07) is 9.93. The van der Waals surface area contributed by atoms with E-state index in [2.05, 4.69) is 10.2 Å². The van der Waals surface area contributed by atoms with Crippen molar-refractivity contribution in [3.8, 4) is 17.2 Å². The van der Waals surface area contributed by atoms with E-state index in [1.165, 1.54) is 0 Å². The lowest BCUT2D eigenvalue weighted by Gasteiger charge is -2.27. The molecule has 0 unspecified atom stereocenters. The van der Waals surface area contributed by atoms with Crippen molar-refractivity contribution in [2.75, 3.05) is 20.3 Å². The number of carbonyl (C=O) groups is 1. The predicted molar refractivity (Wildman–Crippen MR) is 99.2 cm³/mol. The molecule has 4 rings (SSSR count). The average Bonchev–Trinajstić information content (AvgIpc) is 3.31. The second-order valence-corrected chi connectivity index (χ2v) is 6.57. The smallest absolute Gasteiger partial charge is 0.225 e. The number of methoxy groups -OCH3 is 1. The van der Waals surface area contributed by atoms with Gasteiger partial charge in [0, 0.05) is 50.6 Å². The van der Waals surface area contributed by atoms with Crippen LogP contribution in [-0.4, -0.2) is 55.6 Å². The summed E-state index contributed by atoms with van der Waals surface area (Å²) >= 11 is 0. The summed E-state index contributed by atoms with van der Waals surface area (Å²) in [5.74, 6) is 0.783. The minimum atomic E-state index is 0.0989. The number of rotatable bonds is 5. The summed E-state index contributed by atoms with van der Waals surface area (Å²) in [5, 5.41) is 13.1. The van der Waals surface area contributed by atoms with Gasteiger partial charge in [-0.15, -0.1) is 10.2 Å². The molecule has 8 heteroatoms. The van der Waals surface area contributed by atoms with E-state index in [9.17, 15) is 4.79 Å². The highest BCUT2D eigenvalue weighted by Crippen LogP contribution is 2.30. The van der Waals surface area contributed by atoms with E-state index in [-0.39, 0.29) is 5.91 Å². The third kappa shape index (κ3) is 3.23. The van der Waals surface area contributed by atoms with Gasteiger partial charge in [0.2, 0.25) is 5.91 Å². The molecule has 0 fully saturated rings. The number of hydrogen-bond acceptors (Lipinski definition) is 5. The largest absolute Gasteiger partial charge is 0.384 e. The maximum Gasteiger partial charge on any atom is 0.225 e. The van der Waals surface area contributed by atoms with Crippen molar-refractivity contribution < 1.29 is 9.53 Å². The van der Waals surface area contributed by atoms with Crippen molar-refractivity contribution in [3.05, 3.63) is 47.9 Å². The molecule has 1 aliphatic rings. The molecule has 0 aliphatic carbocycles. The van der Waals surface area contributed by atoms with Crippen LogP contribution in [-0.2, 0) is 29.5 Å². The monoisotopic (exact) mass is 366 g/mol. The highest BCUT2D eigenvalue weighted by Gasteiger charge is 2.29. The van der Waals surface area contributed by atoms with E-state index in [0.29, 0.717) is 31.9 Å². The lowest BCUT2D eigenvalue weighted by atomic mass is 10.0. The highest BCUT2D eigenvalue weighted by molar-refractivity contribution is 5.77. The van der Waals surface area contributed by atoms with Crippen LogP contribution in [0.3, 0.4) is 0 Å². The summed E-state index contributed by atoms with van der Waals surface area (Å²) < 4.78 is 8.86. The molecule has 3 aromatic rings. The van der Waals surface area contributed by atoms with Gasteiger partial charge < -0.3 is 9.64 Å². The van der Waals surface area contributed by atoms with Crippen LogP contribution < -0.4 is 0 Å². The molecule has 0 atom stereocenters. The van der Waals surface area contributed by atoms with Gasteiger partial charge in [-0.1, -0.05) is 18.2 Å². The quantitative estimate of drug-likeness (QED) is 0.685. The SMILES string of the molecule is COCCC(=O)N1CCc2c(c(-c3nncn3-c3ccccc3)nn2C)C1. The molecule has 27 heavy (non-hydrogen) atoms. The fraction of sp³-hybridized carbons (Fsp3) is 0.368. The maximum atomic E-state index is 12.4. The molecule has 0 N–H and O–H groups in total. The lowest BCUT2D eigenvalue weighted by Crippen LogP contribution is -2.36. The zero-order valence-corrected chi connectivity index (χ0v) is 15.5. The predicted octanol–water partition coefficient (Wildman–Crippen LogP) is 1.59. The third-order valence-corrected chi connectivity index (χ3v) is 4.91. The number of fused-ring (bicyclic) bond motifs is 1. The van der Waals surface area contributed by atoms with Crippen LogP contribution >= 0.6 is 0 Å². The van der Waals surface area contributed by atoms with Gasteiger partial charge in [-0.2, -0.15) is 5.10 Å². The van der Waals surface area contributed by atoms with Crippen molar-refractivity contribution in [1.82, 2.24) is 29.4 Å². The van der Waals surface area contributed by atoms with Crippen molar-refractivity contribution in [2.24, 2.45) is 7.05 Å². The fourth-order valence-corrected chi connectivity index (χ4v) is 3.51. The first kappa shape index (κ1) is 17.4. The molecule has 2 aromatic heterocycles. The molecule has 0 radical (unpaired) electrons. The topological polar surface area (TPSA) is 78.1 Å². The Morgan fingerprint density at radius 1 is 1.26 bits per heavy atom. The number of benzene rings is 1. The Balaban J connectivity index is 1.70. The van der Waals surface area contributed by atoms with Gasteiger partial charge in [0.15, 0.2) is 5.82 Å². The van der Waals surface area contributed by atoms with Crippen LogP contribution in [0.15, 0.2) is 36.7 Å². The summed E-state index contributed by atoms with van der Waals surface area (Å²) in [6.07, 6.45) is 2.86. The van der Waals surface area contributed by atoms with Crippen molar-refractivity contribution >= 4 is 5.91 Å². The van der Waals surface area contributed by atoms with E-state index >= 15 is 0 Å². The van der Waals surface area contributed by atoms with E-state index in [1.54, 1.807) is 13.4 Å². The van der Waals surface area contributed by atoms with Crippen LogP contribution in [0.2, 0.25) is 0 Å². The van der Waals surface area contributed by atoms with Crippen molar-refractivity contribution in [3.63, 3.8) is 0 Å². The van der Waals surface area contributed by atoms with E-state index in [4.69, 9.17) is 9.84 Å². The molecule has 1 aromatic carbocycles. The molecule has 3 heterocycles. The normalized spacial score (nSPS) is 13.6. The minimum absolute atomic E-state index is 0.0989. The van der Waals surface area contributed by atoms with Crippen LogP contribution in [0, 0.1) is 0 Å². The summed E-state index contributed by atoms with van der Waals surface area (Å²) in [5.41, 5.74) is 3.93. The number of para-hydroxylation sites is 1. The molecule has 8 nitrogen and oxygen atoms in total. The molecule has 1 amide bonds. The maximum absolute atomic E-state index is 12.4. The van der Waals surface area contributed by atoms with E-state index in [1.807, 2.05) is 51.5 Å². The Kier molecular flexibility index (Phi) is 4.72. The number of hydrogen-bond donors (Lipinski definition) is 0. The lowest BCUT2D eigenvalue weighted by molar-refractivity contribution is -0.133. The number of carbonyl (C=O) groups excluding carboxylic acids is 1. The molecule has 140 valence electrons. The zero-order chi connectivity index (χ0) is 18.8. The first-order valence-electron chi connectivity index (χ1n) is 8.96. The average molecular weight is 366 g/mol. The number of amides is 1. The standard InChI is InChI=1S/C19H22N6O2/c1-23-16-8-10-24(17(26)9-11-27-2)12-15(16)18(22-23)19-21-20-13-25(19)14-6-4-3-5-7-14/h3-7,13H,8-12H2,1-2H3. The van der Waals surface area contributed by atoms with Gasteiger partial charge in [-0.25, -0.2) is 0 Å². The number of aromatic nitrogens is 5. The summed E-state index contributed by atoms with van der Waals surface area (Å²) in [7, 11) is 3.55. The Bertz CT molecular complexity index is 947. The van der Waals surface area contributed by atoms with Crippen LogP contribution in [0.1, 0.15) is 17.7 Å². The highest BCUT2D eigenvalue weighted by atomic mass is 16.5. The van der Waals surface area contributed by atoms with Crippen LogP contribution in [0.5, 0.6) is 0 Å². The second-order valence-electron chi connectivity index (χ2n) is 6.57. The van der Waals surface area contributed by atoms with Crippen LogP contribution in [0.25, 0.3) is 17.2 Å². The Morgan fingerprint density at radius 3 is 2.85 bits per heavy atom. The van der Waals surface area contributed by atoms with Crippen molar-refractivity contribution in [1.29, 1.82) is 0 Å². The zero-order valence-electron chi connectivity index (χ0n) is 15.5. The number of nitrogens with zero attached hydrogens (tertiary/aromatic N) is 6. The summed E-state index contributed by atoms with van der Waals surface area (Å²) in [6.45, 7) is 1.66. The molecular formula is C19H22N6O2. The molecule has 0 bridgehead atoms. The van der Waals surface area contributed by atoms with E-state index in [0.717, 1.165) is 29.1 Å². The van der Waals surface area contributed by atoms with Crippen LogP contribution in [0.4, 0.5) is 0 Å². The fourth-order valence-electron chi connectivity index (χ4n) is 3.51. The first-order valence-corrected chi connectivity index (χ1v) is 8.96. The molecule has 0 spiro atoms. The second kappa shape index (κ2) is 7.32. The number of aryl methyl sites for hydroxylation is 1. The van der Waals surface area contributed by atoms with Gasteiger partial charge >= 0.3 is 0 Å². The van der Waals surface area contributed by atoms with Gasteiger partial charge in [0.25, 0.3) is 0 Å².